The number of carbonyl (C=O) groups is 3. The van der Waals surface area contributed by atoms with Crippen LogP contribution in [0.3, 0.4) is 0 Å². The summed E-state index contributed by atoms with van der Waals surface area (Å²) in [6.07, 6.45) is 5.51. The Bertz CT molecular complexity index is 595. The molecule has 23 heavy (non-hydrogen) atoms. The number of nitrogens with one attached hydrogen (secondary N) is 1. The topological polar surface area (TPSA) is 72.5 Å². The van der Waals surface area contributed by atoms with Crippen LogP contribution in [0, 0.1) is 0 Å². The SMILES string of the molecule is COC(=O)CCCCCC(=O)Nc1ccc2c(c1)CCCC2=O. The number of ether oxygens (including phenoxy) is 1. The van der Waals surface area contributed by atoms with Gasteiger partial charge in [0.15, 0.2) is 5.78 Å². The van der Waals surface area contributed by atoms with E-state index in [0.29, 0.717) is 19.3 Å². The molecule has 5 nitrogen and oxygen atoms in total. The number of methoxy groups -OCH3 is 1. The maximum absolute atomic E-state index is 11.9. The second-order valence-corrected chi connectivity index (χ2v) is 5.83. The number of benzene rings is 1. The van der Waals surface area contributed by atoms with E-state index < -0.39 is 0 Å². The van der Waals surface area contributed by atoms with Crippen LogP contribution in [0.5, 0.6) is 0 Å². The lowest BCUT2D eigenvalue weighted by molar-refractivity contribution is -0.140. The molecule has 1 aliphatic carbocycles. The van der Waals surface area contributed by atoms with E-state index in [1.54, 1.807) is 6.07 Å². The molecule has 0 bridgehead atoms. The van der Waals surface area contributed by atoms with Crippen molar-refractivity contribution in [3.63, 3.8) is 0 Å². The minimum atomic E-state index is -0.210. The number of hydrogen-bond donors (Lipinski definition) is 1. The fraction of sp³-hybridized carbons (Fsp3) is 0.500. The molecule has 1 aromatic carbocycles. The van der Waals surface area contributed by atoms with Crippen LogP contribution >= 0.6 is 0 Å². The highest BCUT2D eigenvalue weighted by molar-refractivity contribution is 5.99. The highest BCUT2D eigenvalue weighted by Gasteiger charge is 2.17. The number of unbranched alkanes of at least 4 members (excludes halogenated alkanes) is 2. The van der Waals surface area contributed by atoms with E-state index in [4.69, 9.17) is 0 Å². The Labute approximate surface area is 136 Å². The molecule has 0 radical (unpaired) electrons. The molecule has 0 unspecified atom stereocenters. The molecule has 5 heteroatoms. The molecule has 0 spiro atoms. The molecule has 0 aliphatic heterocycles. The maximum atomic E-state index is 11.9. The van der Waals surface area contributed by atoms with Crippen molar-refractivity contribution in [2.45, 2.75) is 51.4 Å². The molecule has 1 aromatic rings. The summed E-state index contributed by atoms with van der Waals surface area (Å²) >= 11 is 0. The van der Waals surface area contributed by atoms with Crippen molar-refractivity contribution in [1.82, 2.24) is 0 Å². The monoisotopic (exact) mass is 317 g/mol. The molecular weight excluding hydrogens is 294 g/mol. The summed E-state index contributed by atoms with van der Waals surface area (Å²) in [5, 5.41) is 2.88. The highest BCUT2D eigenvalue weighted by atomic mass is 16.5. The highest BCUT2D eigenvalue weighted by Crippen LogP contribution is 2.24. The van der Waals surface area contributed by atoms with Crippen molar-refractivity contribution in [3.8, 4) is 0 Å². The van der Waals surface area contributed by atoms with Gasteiger partial charge >= 0.3 is 5.97 Å². The summed E-state index contributed by atoms with van der Waals surface area (Å²) in [5.41, 5.74) is 2.56. The molecule has 0 atom stereocenters. The molecule has 0 saturated heterocycles. The predicted molar refractivity (Wildman–Crippen MR) is 87.4 cm³/mol. The van der Waals surface area contributed by atoms with Gasteiger partial charge < -0.3 is 10.1 Å². The smallest absolute Gasteiger partial charge is 0.305 e. The quantitative estimate of drug-likeness (QED) is 0.619. The zero-order chi connectivity index (χ0) is 16.7. The first kappa shape index (κ1) is 17.2. The second kappa shape index (κ2) is 8.46. The molecule has 1 aliphatic rings. The van der Waals surface area contributed by atoms with Gasteiger partial charge in [-0.1, -0.05) is 6.42 Å². The van der Waals surface area contributed by atoms with E-state index in [0.717, 1.165) is 48.9 Å². The minimum Gasteiger partial charge on any atom is -0.469 e. The van der Waals surface area contributed by atoms with Crippen LogP contribution in [-0.2, 0) is 20.7 Å². The first-order valence-electron chi connectivity index (χ1n) is 8.13. The van der Waals surface area contributed by atoms with Crippen molar-refractivity contribution in [2.24, 2.45) is 0 Å². The third-order valence-electron chi connectivity index (χ3n) is 4.05. The van der Waals surface area contributed by atoms with Crippen LogP contribution < -0.4 is 5.32 Å². The Morgan fingerprint density at radius 2 is 1.91 bits per heavy atom. The van der Waals surface area contributed by atoms with Crippen LogP contribution in [0.15, 0.2) is 18.2 Å². The third-order valence-corrected chi connectivity index (χ3v) is 4.05. The Balaban J connectivity index is 1.75. The van der Waals surface area contributed by atoms with Crippen molar-refractivity contribution in [2.75, 3.05) is 12.4 Å². The van der Waals surface area contributed by atoms with Crippen molar-refractivity contribution in [1.29, 1.82) is 0 Å². The van der Waals surface area contributed by atoms with Gasteiger partial charge in [0, 0.05) is 30.5 Å². The average molecular weight is 317 g/mol. The summed E-state index contributed by atoms with van der Waals surface area (Å²) in [6.45, 7) is 0. The first-order valence-corrected chi connectivity index (χ1v) is 8.13. The zero-order valence-corrected chi connectivity index (χ0v) is 13.5. The summed E-state index contributed by atoms with van der Waals surface area (Å²) in [4.78, 5) is 34.7. The molecule has 1 amide bonds. The average Bonchev–Trinajstić information content (AvgIpc) is 2.54. The number of anilines is 1. The Morgan fingerprint density at radius 1 is 1.13 bits per heavy atom. The number of esters is 1. The van der Waals surface area contributed by atoms with Crippen molar-refractivity contribution >= 4 is 23.3 Å². The molecule has 2 rings (SSSR count). The van der Waals surface area contributed by atoms with E-state index in [2.05, 4.69) is 10.1 Å². The lowest BCUT2D eigenvalue weighted by Crippen LogP contribution is -2.14. The van der Waals surface area contributed by atoms with Gasteiger partial charge in [-0.05, 0) is 49.4 Å². The maximum Gasteiger partial charge on any atom is 0.305 e. The number of carbonyl (C=O) groups excluding carboxylic acids is 3. The number of aryl methyl sites for hydroxylation is 1. The van der Waals surface area contributed by atoms with Gasteiger partial charge in [-0.25, -0.2) is 0 Å². The van der Waals surface area contributed by atoms with Gasteiger partial charge in [0.25, 0.3) is 0 Å². The van der Waals surface area contributed by atoms with Gasteiger partial charge in [-0.3, -0.25) is 14.4 Å². The largest absolute Gasteiger partial charge is 0.469 e. The van der Waals surface area contributed by atoms with E-state index >= 15 is 0 Å². The summed E-state index contributed by atoms with van der Waals surface area (Å²) in [7, 11) is 1.38. The lowest BCUT2D eigenvalue weighted by atomic mass is 9.90. The molecular formula is C18H23NO4. The van der Waals surface area contributed by atoms with E-state index in [-0.39, 0.29) is 17.7 Å². The van der Waals surface area contributed by atoms with Crippen LogP contribution in [0.25, 0.3) is 0 Å². The van der Waals surface area contributed by atoms with Crippen LogP contribution in [0.1, 0.15) is 60.9 Å². The Hall–Kier alpha value is -2.17. The first-order chi connectivity index (χ1) is 11.1. The van der Waals surface area contributed by atoms with Gasteiger partial charge in [-0.2, -0.15) is 0 Å². The van der Waals surface area contributed by atoms with Gasteiger partial charge in [0.1, 0.15) is 0 Å². The van der Waals surface area contributed by atoms with Crippen LogP contribution in [0.2, 0.25) is 0 Å². The molecule has 124 valence electrons. The third kappa shape index (κ3) is 5.20. The molecule has 0 heterocycles. The van der Waals surface area contributed by atoms with Gasteiger partial charge in [-0.15, -0.1) is 0 Å². The predicted octanol–water partition coefficient (Wildman–Crippen LogP) is 3.27. The standard InChI is InChI=1S/C18H23NO4/c1-23-18(22)9-4-2-3-8-17(21)19-14-10-11-15-13(12-14)6-5-7-16(15)20/h10-12H,2-9H2,1H3,(H,19,21). The summed E-state index contributed by atoms with van der Waals surface area (Å²) < 4.78 is 4.57. The van der Waals surface area contributed by atoms with E-state index in [9.17, 15) is 14.4 Å². The van der Waals surface area contributed by atoms with Gasteiger partial charge in [0.2, 0.25) is 5.91 Å². The second-order valence-electron chi connectivity index (χ2n) is 5.83. The molecule has 1 N–H and O–H groups in total. The fourth-order valence-electron chi connectivity index (χ4n) is 2.78. The number of ketones is 1. The van der Waals surface area contributed by atoms with Crippen LogP contribution in [-0.4, -0.2) is 24.8 Å². The van der Waals surface area contributed by atoms with Crippen molar-refractivity contribution < 1.29 is 19.1 Å². The molecule has 0 saturated carbocycles. The van der Waals surface area contributed by atoms with Gasteiger partial charge in [0.05, 0.1) is 7.11 Å². The van der Waals surface area contributed by atoms with E-state index in [1.807, 2.05) is 12.1 Å². The number of rotatable bonds is 7. The fourth-order valence-corrected chi connectivity index (χ4v) is 2.78. The molecule has 0 fully saturated rings. The number of hydrogen-bond acceptors (Lipinski definition) is 4. The normalized spacial score (nSPS) is 13.3. The Kier molecular flexibility index (Phi) is 6.32. The summed E-state index contributed by atoms with van der Waals surface area (Å²) in [5.74, 6) is -0.0575. The lowest BCUT2D eigenvalue weighted by Gasteiger charge is -2.16. The van der Waals surface area contributed by atoms with Crippen molar-refractivity contribution in [3.05, 3.63) is 29.3 Å². The Morgan fingerprint density at radius 3 is 2.70 bits per heavy atom. The summed E-state index contributed by atoms with van der Waals surface area (Å²) in [6, 6.07) is 5.50. The minimum absolute atomic E-state index is 0.0369. The van der Waals surface area contributed by atoms with E-state index in [1.165, 1.54) is 7.11 Å². The number of fused-ring (bicyclic) bond motifs is 1. The van der Waals surface area contributed by atoms with Crippen LogP contribution in [0.4, 0.5) is 5.69 Å². The number of Topliss-reactive ketones (excluding diaryl/α,β-unsaturated/α-hetero) is 1. The molecule has 0 aromatic heterocycles. The zero-order valence-electron chi connectivity index (χ0n) is 13.5. The number of amides is 1.